The number of hydrogen-bond donors (Lipinski definition) is 0. The fourth-order valence-electron chi connectivity index (χ4n) is 3.64. The molecule has 1 aliphatic heterocycles. The molecule has 3 aromatic rings. The normalized spacial score (nSPS) is 17.1. The maximum atomic E-state index is 12.9. The molecule has 4 rings (SSSR count). The first kappa shape index (κ1) is 16.7. The molecule has 0 radical (unpaired) electrons. The van der Waals surface area contributed by atoms with Crippen molar-refractivity contribution >= 4 is 16.9 Å². The lowest BCUT2D eigenvalue weighted by Gasteiger charge is -2.36. The molecule has 0 fully saturated rings. The minimum Gasteiger partial charge on any atom is -0.340 e. The molecule has 0 bridgehead atoms. The van der Waals surface area contributed by atoms with Crippen LogP contribution >= 0.6 is 0 Å². The van der Waals surface area contributed by atoms with Crippen molar-refractivity contribution in [2.75, 3.05) is 20.6 Å². The van der Waals surface area contributed by atoms with E-state index in [1.807, 2.05) is 30.1 Å². The molecule has 0 saturated carbocycles. The largest absolute Gasteiger partial charge is 0.340 e. The topological polar surface area (TPSA) is 49.3 Å². The number of amides is 1. The van der Waals surface area contributed by atoms with Crippen molar-refractivity contribution in [3.05, 3.63) is 71.5 Å². The molecule has 1 aliphatic rings. The maximum Gasteiger partial charge on any atom is 0.253 e. The first-order valence-corrected chi connectivity index (χ1v) is 8.85. The van der Waals surface area contributed by atoms with Crippen molar-refractivity contribution in [1.29, 1.82) is 0 Å². The monoisotopic (exact) mass is 346 g/mol. The third-order valence-corrected chi connectivity index (χ3v) is 5.16. The van der Waals surface area contributed by atoms with Crippen LogP contribution in [0.2, 0.25) is 0 Å². The number of likely N-dealkylation sites (N-methyl/N-ethyl adjacent to an activating group) is 2. The van der Waals surface area contributed by atoms with Gasteiger partial charge in [-0.15, -0.1) is 0 Å². The van der Waals surface area contributed by atoms with Crippen LogP contribution in [0.3, 0.4) is 0 Å². The lowest BCUT2D eigenvalue weighted by atomic mass is 9.94. The highest BCUT2D eigenvalue weighted by atomic mass is 16.2. The van der Waals surface area contributed by atoms with Gasteiger partial charge in [0.1, 0.15) is 0 Å². The Morgan fingerprint density at radius 1 is 1.12 bits per heavy atom. The fourth-order valence-corrected chi connectivity index (χ4v) is 3.64. The van der Waals surface area contributed by atoms with Crippen molar-refractivity contribution in [2.45, 2.75) is 19.0 Å². The van der Waals surface area contributed by atoms with Gasteiger partial charge in [0.2, 0.25) is 0 Å². The minimum absolute atomic E-state index is 0.0183. The SMILES string of the molecule is CN(C[C@H]1Cc2ccccc2CN1C)C(=O)c1ccc2nccnc2c1. The second-order valence-electron chi connectivity index (χ2n) is 6.99. The van der Waals surface area contributed by atoms with Gasteiger partial charge < -0.3 is 4.90 Å². The summed E-state index contributed by atoms with van der Waals surface area (Å²) >= 11 is 0. The lowest BCUT2D eigenvalue weighted by Crippen LogP contribution is -2.46. The Morgan fingerprint density at radius 2 is 1.85 bits per heavy atom. The Bertz CT molecular complexity index is 955. The number of benzene rings is 2. The second-order valence-corrected chi connectivity index (χ2v) is 6.99. The van der Waals surface area contributed by atoms with Crippen molar-refractivity contribution in [1.82, 2.24) is 19.8 Å². The van der Waals surface area contributed by atoms with E-state index in [9.17, 15) is 4.79 Å². The molecule has 0 unspecified atom stereocenters. The molecule has 26 heavy (non-hydrogen) atoms. The standard InChI is InChI=1S/C21H22N4O/c1-24-13-17-6-4-3-5-15(17)11-18(24)14-25(2)21(26)16-7-8-19-20(12-16)23-10-9-22-19/h3-10,12,18H,11,13-14H2,1-2H3/t18-/m1/s1. The predicted molar refractivity (Wildman–Crippen MR) is 102 cm³/mol. The fraction of sp³-hybridized carbons (Fsp3) is 0.286. The molecular formula is C21H22N4O. The van der Waals surface area contributed by atoms with Crippen LogP contribution in [0, 0.1) is 0 Å². The van der Waals surface area contributed by atoms with Crippen molar-refractivity contribution < 1.29 is 4.79 Å². The van der Waals surface area contributed by atoms with Crippen LogP contribution < -0.4 is 0 Å². The van der Waals surface area contributed by atoms with Gasteiger partial charge >= 0.3 is 0 Å². The summed E-state index contributed by atoms with van der Waals surface area (Å²) < 4.78 is 0. The number of hydrogen-bond acceptors (Lipinski definition) is 4. The van der Waals surface area contributed by atoms with E-state index in [0.717, 1.165) is 24.0 Å². The van der Waals surface area contributed by atoms with Crippen LogP contribution in [0.15, 0.2) is 54.9 Å². The van der Waals surface area contributed by atoms with Gasteiger partial charge in [-0.2, -0.15) is 0 Å². The Labute approximate surface area is 153 Å². The molecule has 1 amide bonds. The zero-order valence-corrected chi connectivity index (χ0v) is 15.1. The molecule has 2 aromatic carbocycles. The van der Waals surface area contributed by atoms with Crippen LogP contribution in [0.5, 0.6) is 0 Å². The summed E-state index contributed by atoms with van der Waals surface area (Å²) in [5.41, 5.74) is 4.97. The van der Waals surface area contributed by atoms with Gasteiger partial charge in [-0.1, -0.05) is 24.3 Å². The highest BCUT2D eigenvalue weighted by Gasteiger charge is 2.25. The van der Waals surface area contributed by atoms with E-state index in [1.165, 1.54) is 11.1 Å². The number of aromatic nitrogens is 2. The van der Waals surface area contributed by atoms with Crippen LogP contribution in [0.25, 0.3) is 11.0 Å². The summed E-state index contributed by atoms with van der Waals surface area (Å²) in [6, 6.07) is 14.4. The Kier molecular flexibility index (Phi) is 4.39. The summed E-state index contributed by atoms with van der Waals surface area (Å²) in [4.78, 5) is 25.6. The van der Waals surface area contributed by atoms with Crippen molar-refractivity contribution in [3.8, 4) is 0 Å². The van der Waals surface area contributed by atoms with E-state index in [-0.39, 0.29) is 5.91 Å². The summed E-state index contributed by atoms with van der Waals surface area (Å²) in [6.45, 7) is 1.62. The van der Waals surface area contributed by atoms with Gasteiger partial charge in [0.05, 0.1) is 11.0 Å². The third kappa shape index (κ3) is 3.18. The van der Waals surface area contributed by atoms with Crippen LogP contribution in [0.4, 0.5) is 0 Å². The molecule has 5 nitrogen and oxygen atoms in total. The molecule has 0 N–H and O–H groups in total. The highest BCUT2D eigenvalue weighted by Crippen LogP contribution is 2.22. The Morgan fingerprint density at radius 3 is 2.65 bits per heavy atom. The van der Waals surface area contributed by atoms with Gasteiger partial charge in [-0.3, -0.25) is 19.7 Å². The molecule has 132 valence electrons. The Balaban J connectivity index is 1.50. The van der Waals surface area contributed by atoms with E-state index < -0.39 is 0 Å². The van der Waals surface area contributed by atoms with E-state index in [2.05, 4.69) is 46.2 Å². The smallest absolute Gasteiger partial charge is 0.253 e. The number of rotatable bonds is 3. The van der Waals surface area contributed by atoms with Gasteiger partial charge in [-0.25, -0.2) is 0 Å². The molecule has 0 saturated heterocycles. The van der Waals surface area contributed by atoms with E-state index >= 15 is 0 Å². The average molecular weight is 346 g/mol. The number of nitrogens with zero attached hydrogens (tertiary/aromatic N) is 4. The van der Waals surface area contributed by atoms with Gasteiger partial charge in [-0.05, 0) is 42.8 Å². The van der Waals surface area contributed by atoms with Crippen LogP contribution in [-0.2, 0) is 13.0 Å². The summed E-state index contributed by atoms with van der Waals surface area (Å²) in [5, 5.41) is 0. The van der Waals surface area contributed by atoms with Crippen LogP contribution in [-0.4, -0.2) is 52.4 Å². The summed E-state index contributed by atoms with van der Waals surface area (Å²) in [6.07, 6.45) is 4.27. The van der Waals surface area contributed by atoms with Gasteiger partial charge in [0.15, 0.2) is 0 Å². The van der Waals surface area contributed by atoms with Gasteiger partial charge in [0.25, 0.3) is 5.91 Å². The molecule has 2 heterocycles. The first-order chi connectivity index (χ1) is 12.6. The van der Waals surface area contributed by atoms with E-state index in [4.69, 9.17) is 0 Å². The number of carbonyl (C=O) groups excluding carboxylic acids is 1. The molecule has 5 heteroatoms. The highest BCUT2D eigenvalue weighted by molar-refractivity contribution is 5.97. The zero-order chi connectivity index (χ0) is 18.1. The Hall–Kier alpha value is -2.79. The molecule has 0 spiro atoms. The molecule has 0 aliphatic carbocycles. The van der Waals surface area contributed by atoms with E-state index in [0.29, 0.717) is 18.2 Å². The molecular weight excluding hydrogens is 324 g/mol. The predicted octanol–water partition coefficient (Wildman–Crippen LogP) is 2.76. The molecule has 1 atom stereocenters. The van der Waals surface area contributed by atoms with Gasteiger partial charge in [0, 0.05) is 44.1 Å². The number of fused-ring (bicyclic) bond motifs is 2. The van der Waals surface area contributed by atoms with Crippen molar-refractivity contribution in [2.24, 2.45) is 0 Å². The van der Waals surface area contributed by atoms with Crippen LogP contribution in [0.1, 0.15) is 21.5 Å². The first-order valence-electron chi connectivity index (χ1n) is 8.85. The van der Waals surface area contributed by atoms with E-state index in [1.54, 1.807) is 12.4 Å². The quantitative estimate of drug-likeness (QED) is 0.732. The molecule has 1 aromatic heterocycles. The third-order valence-electron chi connectivity index (χ3n) is 5.16. The summed E-state index contributed by atoms with van der Waals surface area (Å²) in [7, 11) is 4.00. The lowest BCUT2D eigenvalue weighted by molar-refractivity contribution is 0.0733. The number of carbonyl (C=O) groups is 1. The van der Waals surface area contributed by atoms with Crippen molar-refractivity contribution in [3.63, 3.8) is 0 Å². The second kappa shape index (κ2) is 6.84. The maximum absolute atomic E-state index is 12.9. The summed E-state index contributed by atoms with van der Waals surface area (Å²) in [5.74, 6) is 0.0183. The minimum atomic E-state index is 0.0183. The average Bonchev–Trinajstić information content (AvgIpc) is 2.67. The zero-order valence-electron chi connectivity index (χ0n) is 15.1.